The average Bonchev–Trinajstić information content (AvgIpc) is 2.26. The Morgan fingerprint density at radius 2 is 2.25 bits per heavy atom. The monoisotopic (exact) mass is 243 g/mol. The first kappa shape index (κ1) is 12.8. The molecule has 1 unspecified atom stereocenters. The number of aliphatic carboxylic acids is 1. The Kier molecular flexibility index (Phi) is 4.15. The minimum absolute atomic E-state index is 0.437. The molecule has 0 bridgehead atoms. The Morgan fingerprint density at radius 1 is 1.62 bits per heavy atom. The Morgan fingerprint density at radius 3 is 2.69 bits per heavy atom. The molecule has 0 aliphatic carbocycles. The largest absolute Gasteiger partial charge is 0.496 e. The SMILES string of the molecule is CCc1c(Cl)cc(C(N)C(=O)O)cc1OC. The van der Waals surface area contributed by atoms with Crippen molar-refractivity contribution in [3.8, 4) is 5.75 Å². The summed E-state index contributed by atoms with van der Waals surface area (Å²) in [5.41, 5.74) is 6.80. The van der Waals surface area contributed by atoms with E-state index in [1.165, 1.54) is 7.11 Å². The third-order valence-corrected chi connectivity index (χ3v) is 2.71. The second-order valence-corrected chi connectivity index (χ2v) is 3.76. The molecular weight excluding hydrogens is 230 g/mol. The molecule has 0 radical (unpaired) electrons. The number of carboxylic acids is 1. The number of carbonyl (C=O) groups is 1. The van der Waals surface area contributed by atoms with Crippen LogP contribution in [-0.4, -0.2) is 18.2 Å². The highest BCUT2D eigenvalue weighted by molar-refractivity contribution is 6.31. The van der Waals surface area contributed by atoms with E-state index < -0.39 is 12.0 Å². The summed E-state index contributed by atoms with van der Waals surface area (Å²) in [6.45, 7) is 1.94. The summed E-state index contributed by atoms with van der Waals surface area (Å²) in [6.07, 6.45) is 0.713. The molecule has 5 heteroatoms. The number of ether oxygens (including phenoxy) is 1. The molecule has 1 rings (SSSR count). The van der Waals surface area contributed by atoms with E-state index in [1.807, 2.05) is 6.92 Å². The van der Waals surface area contributed by atoms with Crippen molar-refractivity contribution in [2.75, 3.05) is 7.11 Å². The van der Waals surface area contributed by atoms with Gasteiger partial charge in [-0.3, -0.25) is 4.79 Å². The van der Waals surface area contributed by atoms with Crippen molar-refractivity contribution in [2.45, 2.75) is 19.4 Å². The normalized spacial score (nSPS) is 12.2. The maximum atomic E-state index is 10.8. The highest BCUT2D eigenvalue weighted by atomic mass is 35.5. The van der Waals surface area contributed by atoms with Crippen LogP contribution >= 0.6 is 11.6 Å². The summed E-state index contributed by atoms with van der Waals surface area (Å²) in [7, 11) is 1.51. The first-order valence-corrected chi connectivity index (χ1v) is 5.23. The van der Waals surface area contributed by atoms with Crippen molar-refractivity contribution in [1.29, 1.82) is 0 Å². The van der Waals surface area contributed by atoms with E-state index in [0.29, 0.717) is 22.8 Å². The maximum absolute atomic E-state index is 10.8. The maximum Gasteiger partial charge on any atom is 0.325 e. The Bertz CT molecular complexity index is 406. The van der Waals surface area contributed by atoms with Gasteiger partial charge in [-0.15, -0.1) is 0 Å². The van der Waals surface area contributed by atoms with Gasteiger partial charge in [-0.05, 0) is 24.1 Å². The Balaban J connectivity index is 3.25. The fourth-order valence-corrected chi connectivity index (χ4v) is 1.83. The zero-order valence-electron chi connectivity index (χ0n) is 9.16. The van der Waals surface area contributed by atoms with Crippen molar-refractivity contribution in [2.24, 2.45) is 5.73 Å². The molecule has 0 aliphatic heterocycles. The van der Waals surface area contributed by atoms with Gasteiger partial charge in [0.25, 0.3) is 0 Å². The molecule has 1 aromatic rings. The molecule has 0 heterocycles. The second kappa shape index (κ2) is 5.18. The topological polar surface area (TPSA) is 72.6 Å². The number of methoxy groups -OCH3 is 1. The molecule has 0 amide bonds. The van der Waals surface area contributed by atoms with Crippen LogP contribution in [0, 0.1) is 0 Å². The lowest BCUT2D eigenvalue weighted by molar-refractivity contribution is -0.138. The van der Waals surface area contributed by atoms with Crippen LogP contribution in [0.1, 0.15) is 24.1 Å². The molecule has 0 aromatic heterocycles. The molecule has 0 saturated carbocycles. The minimum Gasteiger partial charge on any atom is -0.496 e. The van der Waals surface area contributed by atoms with E-state index in [9.17, 15) is 4.79 Å². The zero-order valence-corrected chi connectivity index (χ0v) is 9.91. The quantitative estimate of drug-likeness (QED) is 0.848. The number of carboxylic acid groups (broad SMARTS) is 1. The van der Waals surface area contributed by atoms with Crippen molar-refractivity contribution in [3.63, 3.8) is 0 Å². The second-order valence-electron chi connectivity index (χ2n) is 3.35. The van der Waals surface area contributed by atoms with Gasteiger partial charge in [0.1, 0.15) is 11.8 Å². The molecule has 1 aromatic carbocycles. The molecule has 3 N–H and O–H groups in total. The van der Waals surface area contributed by atoms with Crippen LogP contribution in [0.15, 0.2) is 12.1 Å². The van der Waals surface area contributed by atoms with E-state index in [2.05, 4.69) is 0 Å². The first-order valence-electron chi connectivity index (χ1n) is 4.86. The van der Waals surface area contributed by atoms with Gasteiger partial charge < -0.3 is 15.6 Å². The number of benzene rings is 1. The van der Waals surface area contributed by atoms with Gasteiger partial charge in [0.15, 0.2) is 0 Å². The lowest BCUT2D eigenvalue weighted by Crippen LogP contribution is -2.20. The van der Waals surface area contributed by atoms with E-state index in [1.54, 1.807) is 12.1 Å². The van der Waals surface area contributed by atoms with Gasteiger partial charge in [0.2, 0.25) is 0 Å². The van der Waals surface area contributed by atoms with Crippen molar-refractivity contribution in [3.05, 3.63) is 28.3 Å². The molecule has 4 nitrogen and oxygen atoms in total. The van der Waals surface area contributed by atoms with E-state index >= 15 is 0 Å². The first-order chi connectivity index (χ1) is 7.51. The van der Waals surface area contributed by atoms with Crippen LogP contribution in [0.4, 0.5) is 0 Å². The van der Waals surface area contributed by atoms with Crippen LogP contribution < -0.4 is 10.5 Å². The van der Waals surface area contributed by atoms with E-state index in [-0.39, 0.29) is 0 Å². The summed E-state index contributed by atoms with van der Waals surface area (Å²) in [4.78, 5) is 10.8. The lowest BCUT2D eigenvalue weighted by Gasteiger charge is -2.13. The van der Waals surface area contributed by atoms with Gasteiger partial charge in [-0.1, -0.05) is 18.5 Å². The van der Waals surface area contributed by atoms with Crippen LogP contribution in [0.3, 0.4) is 0 Å². The number of rotatable bonds is 4. The van der Waals surface area contributed by atoms with Crippen molar-refractivity contribution < 1.29 is 14.6 Å². The zero-order chi connectivity index (χ0) is 12.3. The smallest absolute Gasteiger partial charge is 0.325 e. The summed E-state index contributed by atoms with van der Waals surface area (Å²) in [5.74, 6) is -0.524. The molecule has 88 valence electrons. The summed E-state index contributed by atoms with van der Waals surface area (Å²) in [6, 6.07) is 2.10. The molecule has 0 saturated heterocycles. The molecule has 0 fully saturated rings. The van der Waals surface area contributed by atoms with Gasteiger partial charge in [0, 0.05) is 10.6 Å². The number of nitrogens with two attached hydrogens (primary N) is 1. The molecule has 0 spiro atoms. The van der Waals surface area contributed by atoms with Crippen LogP contribution in [0.25, 0.3) is 0 Å². The van der Waals surface area contributed by atoms with Crippen molar-refractivity contribution in [1.82, 2.24) is 0 Å². The number of halogens is 1. The summed E-state index contributed by atoms with van der Waals surface area (Å²) < 4.78 is 5.15. The van der Waals surface area contributed by atoms with Crippen molar-refractivity contribution >= 4 is 17.6 Å². The van der Waals surface area contributed by atoms with Gasteiger partial charge in [-0.25, -0.2) is 0 Å². The fourth-order valence-electron chi connectivity index (χ4n) is 1.48. The van der Waals surface area contributed by atoms with Gasteiger partial charge in [0.05, 0.1) is 7.11 Å². The van der Waals surface area contributed by atoms with Crippen LogP contribution in [0.5, 0.6) is 5.75 Å². The summed E-state index contributed by atoms with van der Waals surface area (Å²) in [5, 5.41) is 9.29. The summed E-state index contributed by atoms with van der Waals surface area (Å²) >= 11 is 6.03. The van der Waals surface area contributed by atoms with E-state index in [4.69, 9.17) is 27.2 Å². The number of hydrogen-bond acceptors (Lipinski definition) is 3. The van der Waals surface area contributed by atoms with E-state index in [0.717, 1.165) is 5.56 Å². The van der Waals surface area contributed by atoms with Gasteiger partial charge in [-0.2, -0.15) is 0 Å². The highest BCUT2D eigenvalue weighted by Gasteiger charge is 2.18. The average molecular weight is 244 g/mol. The van der Waals surface area contributed by atoms with Crippen LogP contribution in [0.2, 0.25) is 5.02 Å². The Labute approximate surface area is 99.0 Å². The minimum atomic E-state index is -1.10. The highest BCUT2D eigenvalue weighted by Crippen LogP contribution is 2.30. The molecule has 16 heavy (non-hydrogen) atoms. The third kappa shape index (κ3) is 2.46. The predicted octanol–water partition coefficient (Wildman–Crippen LogP) is 2.00. The molecule has 1 atom stereocenters. The predicted molar refractivity (Wildman–Crippen MR) is 61.9 cm³/mol. The standard InChI is InChI=1S/C11H14ClNO3/c1-3-7-8(12)4-6(5-9(7)16-2)10(13)11(14)15/h4-5,10H,3,13H2,1-2H3,(H,14,15). The molecular formula is C11H14ClNO3. The van der Waals surface area contributed by atoms with Crippen LogP contribution in [-0.2, 0) is 11.2 Å². The third-order valence-electron chi connectivity index (χ3n) is 2.38. The van der Waals surface area contributed by atoms with Gasteiger partial charge >= 0.3 is 5.97 Å². The lowest BCUT2D eigenvalue weighted by atomic mass is 10.0. The Hall–Kier alpha value is -1.26. The fraction of sp³-hybridized carbons (Fsp3) is 0.364. The number of hydrogen-bond donors (Lipinski definition) is 2. The molecule has 0 aliphatic rings.